The minimum Gasteiger partial charge on any atom is -0.244 e. The zero-order valence-corrected chi connectivity index (χ0v) is 9.45. The highest BCUT2D eigenvalue weighted by Gasteiger charge is 2.26. The molecule has 0 spiro atoms. The average molecular weight is 206 g/mol. The van der Waals surface area contributed by atoms with Gasteiger partial charge in [0.2, 0.25) is 0 Å². The van der Waals surface area contributed by atoms with Crippen LogP contribution in [-0.2, 0) is 18.3 Å². The van der Waals surface area contributed by atoms with E-state index in [0.29, 0.717) is 0 Å². The van der Waals surface area contributed by atoms with E-state index in [4.69, 9.17) is 5.26 Å². The van der Waals surface area contributed by atoms with Gasteiger partial charge in [0.25, 0.3) is 0 Å². The summed E-state index contributed by atoms with van der Waals surface area (Å²) in [4.78, 5) is 6.00. The lowest BCUT2D eigenvalue weighted by molar-refractivity contribution is 0.654. The summed E-state index contributed by atoms with van der Waals surface area (Å²) in [6.45, 7) is 3.88. The number of aryl methyl sites for hydroxylation is 2. The lowest BCUT2D eigenvalue weighted by Gasteiger charge is -2.09. The molecule has 0 aliphatic heterocycles. The lowest BCUT2D eigenvalue weighted by atomic mass is 9.97. The third-order valence-electron chi connectivity index (χ3n) is 2.66. The molecule has 1 aliphatic rings. The van der Waals surface area contributed by atoms with Crippen LogP contribution in [-0.4, -0.2) is 4.98 Å². The van der Waals surface area contributed by atoms with Crippen molar-refractivity contribution in [3.63, 3.8) is 0 Å². The molecule has 0 fully saturated rings. The molecule has 0 atom stereocenters. The summed E-state index contributed by atoms with van der Waals surface area (Å²) in [6, 6.07) is 2.31. The fourth-order valence-electron chi connectivity index (χ4n) is 1.67. The monoisotopic (exact) mass is 206 g/mol. The van der Waals surface area contributed by atoms with Crippen molar-refractivity contribution in [1.29, 1.82) is 5.26 Å². The maximum Gasteiger partial charge on any atom is 0.113 e. The summed E-state index contributed by atoms with van der Waals surface area (Å²) in [6.07, 6.45) is 4.80. The maximum atomic E-state index is 9.03. The summed E-state index contributed by atoms with van der Waals surface area (Å²) in [5.41, 5.74) is 0.835. The Balaban J connectivity index is 2.38. The van der Waals surface area contributed by atoms with Crippen molar-refractivity contribution in [1.82, 2.24) is 4.98 Å². The summed E-state index contributed by atoms with van der Waals surface area (Å²) in [5, 5.41) is 10.0. The Morgan fingerprint density at radius 1 is 1.36 bits per heavy atom. The molecule has 0 unspecified atom stereocenters. The third kappa shape index (κ3) is 1.55. The molecule has 0 radical (unpaired) electrons. The lowest BCUT2D eigenvalue weighted by Crippen LogP contribution is -2.13. The largest absolute Gasteiger partial charge is 0.244 e. The van der Waals surface area contributed by atoms with Gasteiger partial charge in [-0.15, -0.1) is 11.3 Å². The highest BCUT2D eigenvalue weighted by molar-refractivity contribution is 7.12. The van der Waals surface area contributed by atoms with E-state index in [1.165, 1.54) is 23.4 Å². The fourth-order valence-corrected chi connectivity index (χ4v) is 2.87. The Morgan fingerprint density at radius 3 is 2.71 bits per heavy atom. The van der Waals surface area contributed by atoms with E-state index in [1.807, 2.05) is 13.8 Å². The predicted molar refractivity (Wildman–Crippen MR) is 57.4 cm³/mol. The number of nitriles is 1. The fraction of sp³-hybridized carbons (Fsp3) is 0.636. The maximum absolute atomic E-state index is 9.03. The Morgan fingerprint density at radius 2 is 2.07 bits per heavy atom. The molecular weight excluding hydrogens is 192 g/mol. The molecule has 0 N–H and O–H groups in total. The smallest absolute Gasteiger partial charge is 0.113 e. The van der Waals surface area contributed by atoms with E-state index in [9.17, 15) is 0 Å². The minimum atomic E-state index is -0.415. The van der Waals surface area contributed by atoms with Gasteiger partial charge >= 0.3 is 0 Å². The summed E-state index contributed by atoms with van der Waals surface area (Å²) in [7, 11) is 0. The molecule has 0 amide bonds. The van der Waals surface area contributed by atoms with Crippen LogP contribution in [0.1, 0.15) is 42.3 Å². The van der Waals surface area contributed by atoms with Gasteiger partial charge in [-0.25, -0.2) is 4.98 Å². The van der Waals surface area contributed by atoms with Gasteiger partial charge in [0.15, 0.2) is 0 Å². The molecule has 14 heavy (non-hydrogen) atoms. The zero-order valence-electron chi connectivity index (χ0n) is 8.63. The number of nitrogens with zero attached hydrogens (tertiary/aromatic N) is 2. The highest BCUT2D eigenvalue weighted by atomic mass is 32.1. The second-order valence-corrected chi connectivity index (χ2v) is 5.42. The Labute approximate surface area is 88.6 Å². The van der Waals surface area contributed by atoms with E-state index >= 15 is 0 Å². The Kier molecular flexibility index (Phi) is 2.32. The molecule has 0 aromatic carbocycles. The van der Waals surface area contributed by atoms with Crippen LogP contribution in [0.5, 0.6) is 0 Å². The Hall–Kier alpha value is -0.880. The van der Waals surface area contributed by atoms with Gasteiger partial charge in [0, 0.05) is 4.88 Å². The van der Waals surface area contributed by atoms with Crippen molar-refractivity contribution in [2.24, 2.45) is 0 Å². The molecule has 3 heteroatoms. The Bertz CT molecular complexity index is 361. The quantitative estimate of drug-likeness (QED) is 0.708. The van der Waals surface area contributed by atoms with Crippen LogP contribution >= 0.6 is 11.3 Å². The standard InChI is InChI=1S/C11H14N2S/c1-11(2,7-12)10-13-8-5-3-4-6-9(8)14-10/h3-6H2,1-2H3. The van der Waals surface area contributed by atoms with Crippen LogP contribution in [0.3, 0.4) is 0 Å². The van der Waals surface area contributed by atoms with Crippen LogP contribution in [0.4, 0.5) is 0 Å². The van der Waals surface area contributed by atoms with Gasteiger partial charge in [0.1, 0.15) is 10.4 Å². The zero-order chi connectivity index (χ0) is 10.2. The molecule has 0 saturated heterocycles. The van der Waals surface area contributed by atoms with E-state index < -0.39 is 5.41 Å². The number of hydrogen-bond acceptors (Lipinski definition) is 3. The van der Waals surface area contributed by atoms with E-state index in [1.54, 1.807) is 11.3 Å². The molecule has 1 heterocycles. The molecular formula is C11H14N2S. The second kappa shape index (κ2) is 3.36. The number of fused-ring (bicyclic) bond motifs is 1. The van der Waals surface area contributed by atoms with Gasteiger partial charge in [-0.05, 0) is 39.5 Å². The van der Waals surface area contributed by atoms with Crippen molar-refractivity contribution in [2.45, 2.75) is 44.9 Å². The minimum absolute atomic E-state index is 0.415. The van der Waals surface area contributed by atoms with Gasteiger partial charge in [-0.3, -0.25) is 0 Å². The second-order valence-electron chi connectivity index (χ2n) is 4.33. The first-order chi connectivity index (χ1) is 6.63. The van der Waals surface area contributed by atoms with Gasteiger partial charge < -0.3 is 0 Å². The van der Waals surface area contributed by atoms with Crippen LogP contribution in [0, 0.1) is 11.3 Å². The van der Waals surface area contributed by atoms with Gasteiger partial charge in [0.05, 0.1) is 11.8 Å². The van der Waals surface area contributed by atoms with E-state index in [0.717, 1.165) is 17.8 Å². The van der Waals surface area contributed by atoms with Crippen molar-refractivity contribution in [3.05, 3.63) is 15.6 Å². The number of aromatic nitrogens is 1. The summed E-state index contributed by atoms with van der Waals surface area (Å²) >= 11 is 1.73. The van der Waals surface area contributed by atoms with E-state index in [-0.39, 0.29) is 0 Å². The SMILES string of the molecule is CC(C)(C#N)c1nc2c(s1)CCCC2. The molecule has 2 nitrogen and oxygen atoms in total. The first-order valence-corrected chi connectivity index (χ1v) is 5.85. The van der Waals surface area contributed by atoms with Crippen LogP contribution in [0.2, 0.25) is 0 Å². The van der Waals surface area contributed by atoms with Crippen molar-refractivity contribution in [2.75, 3.05) is 0 Å². The topological polar surface area (TPSA) is 36.7 Å². The molecule has 2 rings (SSSR count). The molecule has 1 aliphatic carbocycles. The average Bonchev–Trinajstić information content (AvgIpc) is 2.61. The van der Waals surface area contributed by atoms with Crippen LogP contribution < -0.4 is 0 Å². The molecule has 0 saturated carbocycles. The number of rotatable bonds is 1. The summed E-state index contributed by atoms with van der Waals surface area (Å²) < 4.78 is 0. The van der Waals surface area contributed by atoms with Gasteiger partial charge in [-0.2, -0.15) is 5.26 Å². The van der Waals surface area contributed by atoms with Crippen LogP contribution in [0.25, 0.3) is 0 Å². The highest BCUT2D eigenvalue weighted by Crippen LogP contribution is 2.33. The molecule has 74 valence electrons. The van der Waals surface area contributed by atoms with E-state index in [2.05, 4.69) is 11.1 Å². The normalized spacial score (nSPS) is 16.1. The summed E-state index contributed by atoms with van der Waals surface area (Å²) in [5.74, 6) is 0. The predicted octanol–water partition coefficient (Wildman–Crippen LogP) is 2.82. The molecule has 1 aromatic rings. The third-order valence-corrected chi connectivity index (χ3v) is 4.14. The molecule has 0 bridgehead atoms. The first-order valence-electron chi connectivity index (χ1n) is 5.04. The molecule has 1 aromatic heterocycles. The first kappa shape index (κ1) is 9.67. The number of hydrogen-bond donors (Lipinski definition) is 0. The van der Waals surface area contributed by atoms with Crippen molar-refractivity contribution < 1.29 is 0 Å². The van der Waals surface area contributed by atoms with Gasteiger partial charge in [-0.1, -0.05) is 0 Å². The number of thiazole rings is 1. The van der Waals surface area contributed by atoms with Crippen molar-refractivity contribution >= 4 is 11.3 Å². The van der Waals surface area contributed by atoms with Crippen molar-refractivity contribution in [3.8, 4) is 6.07 Å². The van der Waals surface area contributed by atoms with Crippen LogP contribution in [0.15, 0.2) is 0 Å².